The lowest BCUT2D eigenvalue weighted by Gasteiger charge is -2.21. The molecule has 0 saturated heterocycles. The highest BCUT2D eigenvalue weighted by Gasteiger charge is 2.22. The van der Waals surface area contributed by atoms with Crippen LogP contribution in [0.3, 0.4) is 0 Å². The number of aliphatic carboxylic acids is 1. The summed E-state index contributed by atoms with van der Waals surface area (Å²) in [5.41, 5.74) is 5.14. The number of nitrogens with two attached hydrogens (primary N) is 1. The molecule has 6 heteroatoms. The molecule has 0 aromatic rings. The predicted octanol–water partition coefficient (Wildman–Crippen LogP) is -0.158. The molecule has 88 valence electrons. The van der Waals surface area contributed by atoms with Gasteiger partial charge < -0.3 is 20.7 Å². The Bertz CT molecular complexity index is 227. The van der Waals surface area contributed by atoms with Crippen molar-refractivity contribution >= 4 is 11.9 Å². The number of unbranched alkanes of at least 4 members (excludes halogenated alkanes) is 1. The third-order valence-corrected chi connectivity index (χ3v) is 1.73. The van der Waals surface area contributed by atoms with Gasteiger partial charge in [-0.15, -0.1) is 0 Å². The van der Waals surface area contributed by atoms with Crippen molar-refractivity contribution in [2.75, 3.05) is 6.54 Å². The molecule has 6 nitrogen and oxygen atoms in total. The Morgan fingerprint density at radius 2 is 1.87 bits per heavy atom. The zero-order valence-electron chi connectivity index (χ0n) is 8.73. The van der Waals surface area contributed by atoms with Crippen molar-refractivity contribution in [1.82, 2.24) is 0 Å². The molecule has 1 atom stereocenters. The van der Waals surface area contributed by atoms with E-state index in [1.165, 1.54) is 6.92 Å². The van der Waals surface area contributed by atoms with E-state index in [0.29, 0.717) is 12.8 Å². The van der Waals surface area contributed by atoms with Gasteiger partial charge >= 0.3 is 11.9 Å². The molecule has 0 rings (SSSR count). The Hall–Kier alpha value is -1.14. The minimum atomic E-state index is -1.64. The monoisotopic (exact) mass is 219 g/mol. The van der Waals surface area contributed by atoms with Gasteiger partial charge in [0.05, 0.1) is 6.54 Å². The molecule has 0 radical (unpaired) electrons. The molecule has 0 spiro atoms. The average molecular weight is 219 g/mol. The second kappa shape index (κ2) is 6.36. The summed E-state index contributed by atoms with van der Waals surface area (Å²) in [5.74, 6) is -3.10. The molecule has 0 amide bonds. The van der Waals surface area contributed by atoms with E-state index in [-0.39, 0.29) is 19.4 Å². The molecule has 0 bridgehead atoms. The van der Waals surface area contributed by atoms with Crippen LogP contribution < -0.4 is 5.73 Å². The lowest BCUT2D eigenvalue weighted by molar-refractivity contribution is -0.198. The van der Waals surface area contributed by atoms with Crippen LogP contribution in [0.25, 0.3) is 0 Å². The van der Waals surface area contributed by atoms with E-state index in [2.05, 4.69) is 4.74 Å². The number of carboxylic acid groups (broad SMARTS) is 1. The molecule has 15 heavy (non-hydrogen) atoms. The number of carboxylic acids is 1. The van der Waals surface area contributed by atoms with Crippen LogP contribution in [0.5, 0.6) is 0 Å². The predicted molar refractivity (Wildman–Crippen MR) is 51.9 cm³/mol. The summed E-state index contributed by atoms with van der Waals surface area (Å²) in [7, 11) is 0. The van der Waals surface area contributed by atoms with Crippen LogP contribution in [0.1, 0.15) is 32.6 Å². The van der Waals surface area contributed by atoms with Gasteiger partial charge in [-0.1, -0.05) is 0 Å². The zero-order chi connectivity index (χ0) is 11.9. The lowest BCUT2D eigenvalue weighted by atomic mass is 10.2. The van der Waals surface area contributed by atoms with Crippen molar-refractivity contribution in [3.8, 4) is 0 Å². The summed E-state index contributed by atoms with van der Waals surface area (Å²) in [4.78, 5) is 21.2. The first-order valence-corrected chi connectivity index (χ1v) is 4.73. The maximum Gasteiger partial charge on any atom is 0.308 e. The highest BCUT2D eigenvalue weighted by atomic mass is 16.7. The van der Waals surface area contributed by atoms with E-state index < -0.39 is 17.7 Å². The number of rotatable bonds is 7. The number of hydrogen-bond donors (Lipinski definition) is 3. The van der Waals surface area contributed by atoms with Gasteiger partial charge in [-0.3, -0.25) is 9.59 Å². The third-order valence-electron chi connectivity index (χ3n) is 1.73. The lowest BCUT2D eigenvalue weighted by Crippen LogP contribution is -2.39. The number of carbonyl (C=O) groups excluding carboxylic acids is 1. The Kier molecular flexibility index (Phi) is 5.88. The Morgan fingerprint density at radius 3 is 2.33 bits per heavy atom. The number of aliphatic hydroxyl groups is 1. The van der Waals surface area contributed by atoms with E-state index >= 15 is 0 Å². The molecule has 0 aliphatic rings. The first kappa shape index (κ1) is 13.9. The number of esters is 1. The van der Waals surface area contributed by atoms with E-state index in [0.717, 1.165) is 0 Å². The Morgan fingerprint density at radius 1 is 1.33 bits per heavy atom. The fourth-order valence-corrected chi connectivity index (χ4v) is 0.883. The second-order valence-corrected chi connectivity index (χ2v) is 3.45. The molecule has 0 fully saturated rings. The minimum absolute atomic E-state index is 0.0283. The molecule has 0 aromatic carbocycles. The van der Waals surface area contributed by atoms with Gasteiger partial charge in [0.15, 0.2) is 0 Å². The smallest absolute Gasteiger partial charge is 0.308 e. The van der Waals surface area contributed by atoms with Gasteiger partial charge in [-0.2, -0.15) is 0 Å². The third kappa shape index (κ3) is 7.90. The van der Waals surface area contributed by atoms with Crippen LogP contribution in [-0.4, -0.2) is 34.5 Å². The molecule has 0 aliphatic heterocycles. The summed E-state index contributed by atoms with van der Waals surface area (Å²) in [6.45, 7) is 1.12. The standard InChI is InChI=1S/C9H17NO5/c1-9(14,6-10)15-8(13)5-3-2-4-7(11)12/h14H,2-6,10H2,1H3,(H,11,12). The molecule has 0 saturated carbocycles. The van der Waals surface area contributed by atoms with Crippen molar-refractivity contribution in [2.45, 2.75) is 38.4 Å². The highest BCUT2D eigenvalue weighted by molar-refractivity contribution is 5.70. The van der Waals surface area contributed by atoms with Crippen molar-refractivity contribution in [1.29, 1.82) is 0 Å². The summed E-state index contributed by atoms with van der Waals surface area (Å²) < 4.78 is 4.64. The van der Waals surface area contributed by atoms with Crippen LogP contribution in [0, 0.1) is 0 Å². The minimum Gasteiger partial charge on any atom is -0.481 e. The van der Waals surface area contributed by atoms with E-state index in [4.69, 9.17) is 10.8 Å². The summed E-state index contributed by atoms with van der Waals surface area (Å²) >= 11 is 0. The van der Waals surface area contributed by atoms with E-state index in [9.17, 15) is 14.7 Å². The first-order chi connectivity index (χ1) is 6.87. The highest BCUT2D eigenvalue weighted by Crippen LogP contribution is 2.07. The summed E-state index contributed by atoms with van der Waals surface area (Å²) in [6.07, 6.45) is 0.949. The van der Waals surface area contributed by atoms with Crippen molar-refractivity contribution in [3.05, 3.63) is 0 Å². The number of carbonyl (C=O) groups is 2. The maximum atomic E-state index is 11.1. The molecule has 0 aromatic heterocycles. The van der Waals surface area contributed by atoms with Crippen molar-refractivity contribution in [2.24, 2.45) is 5.73 Å². The Labute approximate surface area is 88.0 Å². The van der Waals surface area contributed by atoms with Crippen molar-refractivity contribution < 1.29 is 24.5 Å². The molecular formula is C9H17NO5. The van der Waals surface area contributed by atoms with Gasteiger partial charge in [0.25, 0.3) is 0 Å². The van der Waals surface area contributed by atoms with Crippen LogP contribution in [0.4, 0.5) is 0 Å². The quantitative estimate of drug-likeness (QED) is 0.312. The van der Waals surface area contributed by atoms with Crippen LogP contribution in [0.15, 0.2) is 0 Å². The molecule has 0 aliphatic carbocycles. The van der Waals surface area contributed by atoms with Gasteiger partial charge in [0.2, 0.25) is 5.79 Å². The van der Waals surface area contributed by atoms with Crippen molar-refractivity contribution in [3.63, 3.8) is 0 Å². The van der Waals surface area contributed by atoms with Crippen LogP contribution in [-0.2, 0) is 14.3 Å². The van der Waals surface area contributed by atoms with Gasteiger partial charge in [-0.05, 0) is 12.8 Å². The first-order valence-electron chi connectivity index (χ1n) is 4.73. The number of ether oxygens (including phenoxy) is 1. The van der Waals surface area contributed by atoms with Gasteiger partial charge in [-0.25, -0.2) is 0 Å². The second-order valence-electron chi connectivity index (χ2n) is 3.45. The fraction of sp³-hybridized carbons (Fsp3) is 0.778. The molecular weight excluding hydrogens is 202 g/mol. The molecule has 4 N–H and O–H groups in total. The largest absolute Gasteiger partial charge is 0.481 e. The number of hydrogen-bond acceptors (Lipinski definition) is 5. The maximum absolute atomic E-state index is 11.1. The molecule has 0 heterocycles. The average Bonchev–Trinajstić information content (AvgIpc) is 2.11. The van der Waals surface area contributed by atoms with Crippen LogP contribution in [0.2, 0.25) is 0 Å². The van der Waals surface area contributed by atoms with Crippen LogP contribution >= 0.6 is 0 Å². The Balaban J connectivity index is 3.62. The summed E-state index contributed by atoms with van der Waals surface area (Å²) in [6, 6.07) is 0. The SMILES string of the molecule is CC(O)(CN)OC(=O)CCCCC(=O)O. The summed E-state index contributed by atoms with van der Waals surface area (Å²) in [5, 5.41) is 17.6. The topological polar surface area (TPSA) is 110 Å². The molecule has 1 unspecified atom stereocenters. The van der Waals surface area contributed by atoms with Gasteiger partial charge in [0, 0.05) is 19.8 Å². The fourth-order valence-electron chi connectivity index (χ4n) is 0.883. The van der Waals surface area contributed by atoms with E-state index in [1.807, 2.05) is 0 Å². The van der Waals surface area contributed by atoms with Gasteiger partial charge in [0.1, 0.15) is 0 Å². The zero-order valence-corrected chi connectivity index (χ0v) is 8.73. The van der Waals surface area contributed by atoms with E-state index in [1.54, 1.807) is 0 Å². The normalized spacial score (nSPS) is 14.3.